The number of para-hydroxylation sites is 1. The third kappa shape index (κ3) is 24.3. The molecule has 0 aliphatic rings. The maximum Gasteiger partial charge on any atom is 0.173 e. The van der Waals surface area contributed by atoms with Crippen LogP contribution in [0.4, 0.5) is 0 Å². The normalized spacial score (nSPS) is 11.7. The van der Waals surface area contributed by atoms with Crippen molar-refractivity contribution in [2.24, 2.45) is 7.05 Å². The highest BCUT2D eigenvalue weighted by atomic mass is 127. The highest BCUT2D eigenvalue weighted by Crippen LogP contribution is 2.35. The van der Waals surface area contributed by atoms with Crippen molar-refractivity contribution in [2.45, 2.75) is 220 Å². The topological polar surface area (TPSA) is 16.4 Å². The number of hydrogen-bond acceptors (Lipinski definition) is 2. The number of aryl methyl sites for hydroxylation is 1. The molecule has 0 unspecified atom stereocenters. The number of rotatable bonds is 33. The lowest BCUT2D eigenvalue weighted by Gasteiger charge is -2.28. The van der Waals surface area contributed by atoms with Crippen LogP contribution >= 0.6 is 0 Å². The first kappa shape index (κ1) is 48.9. The minimum Gasteiger partial charge on any atom is -1.00 e. The average Bonchev–Trinajstić information content (AvgIpc) is 3.10. The molecule has 300 valence electrons. The predicted molar refractivity (Wildman–Crippen MR) is 224 cm³/mol. The van der Waals surface area contributed by atoms with E-state index >= 15 is 0 Å². The molecule has 52 heavy (non-hydrogen) atoms. The van der Waals surface area contributed by atoms with E-state index < -0.39 is 0 Å². The fraction of sp³-hybridized carbons (Fsp3) is 0.771. The number of hydrogen-bond donors (Lipinski definition) is 0. The molecule has 0 saturated carbocycles. The zero-order chi connectivity index (χ0) is 36.8. The highest BCUT2D eigenvalue weighted by molar-refractivity contribution is 5.45. The largest absolute Gasteiger partial charge is 1.00 e. The summed E-state index contributed by atoms with van der Waals surface area (Å²) >= 11 is 0. The Bertz CT molecular complexity index is 1100. The fourth-order valence-corrected chi connectivity index (χ4v) is 7.57. The predicted octanol–water partition coefficient (Wildman–Crippen LogP) is 11.4. The molecule has 0 fully saturated rings. The molecule has 2 aromatic rings. The van der Waals surface area contributed by atoms with Crippen molar-refractivity contribution in [3.8, 4) is 5.75 Å². The van der Waals surface area contributed by atoms with Crippen LogP contribution < -0.4 is 33.3 Å². The number of unbranched alkanes of at least 4 members (excludes halogenated alkanes) is 24. The molecule has 3 nitrogen and oxygen atoms in total. The van der Waals surface area contributed by atoms with Gasteiger partial charge in [-0.2, -0.15) is 0 Å². The van der Waals surface area contributed by atoms with E-state index in [4.69, 9.17) is 4.74 Å². The zero-order valence-corrected chi connectivity index (χ0v) is 37.6. The Morgan fingerprint density at radius 3 is 1.48 bits per heavy atom. The monoisotopic (exact) mass is 833 g/mol. The van der Waals surface area contributed by atoms with E-state index in [1.165, 1.54) is 177 Å². The Hall–Kier alpha value is -1.14. The van der Waals surface area contributed by atoms with Crippen molar-refractivity contribution in [2.75, 3.05) is 13.2 Å². The van der Waals surface area contributed by atoms with Crippen molar-refractivity contribution in [3.63, 3.8) is 0 Å². The summed E-state index contributed by atoms with van der Waals surface area (Å²) in [5, 5.41) is 0. The van der Waals surface area contributed by atoms with Gasteiger partial charge in [0.15, 0.2) is 12.4 Å². The second kappa shape index (κ2) is 32.1. The molecule has 1 aromatic carbocycles. The van der Waals surface area contributed by atoms with Crippen LogP contribution in [0.5, 0.6) is 5.75 Å². The summed E-state index contributed by atoms with van der Waals surface area (Å²) in [5.41, 5.74) is 4.14. The van der Waals surface area contributed by atoms with Gasteiger partial charge in [-0.05, 0) is 36.4 Å². The van der Waals surface area contributed by atoms with Gasteiger partial charge in [-0.3, -0.25) is 4.90 Å². The van der Waals surface area contributed by atoms with Gasteiger partial charge >= 0.3 is 0 Å². The number of nitrogens with zero attached hydrogens (tertiary/aromatic N) is 2. The quantitative estimate of drug-likeness (QED) is 0.0405. The lowest BCUT2D eigenvalue weighted by atomic mass is 9.85. The van der Waals surface area contributed by atoms with E-state index in [9.17, 15) is 0 Å². The van der Waals surface area contributed by atoms with Crippen LogP contribution in [0.2, 0.25) is 0 Å². The Labute approximate surface area is 341 Å². The first-order valence-electron chi connectivity index (χ1n) is 22.3. The van der Waals surface area contributed by atoms with Gasteiger partial charge in [0.05, 0.1) is 6.61 Å². The fourth-order valence-electron chi connectivity index (χ4n) is 7.57. The number of aromatic nitrogens is 1. The van der Waals surface area contributed by atoms with Crippen LogP contribution in [0.3, 0.4) is 0 Å². The van der Waals surface area contributed by atoms with Gasteiger partial charge in [-0.1, -0.05) is 207 Å². The summed E-state index contributed by atoms with van der Waals surface area (Å²) < 4.78 is 8.94. The van der Waals surface area contributed by atoms with Gasteiger partial charge in [0.2, 0.25) is 0 Å². The SMILES string of the molecule is CCCCCCCCCCCCCCCCN(Cc1ccc[n+](C)c1)Cc1cccc(C(C)(C)C)c1OCCCCCCCCCCCCCC.[I-]. The molecule has 1 aromatic heterocycles. The van der Waals surface area contributed by atoms with E-state index in [0.29, 0.717) is 0 Å². The summed E-state index contributed by atoms with van der Waals surface area (Å²) in [7, 11) is 2.13. The van der Waals surface area contributed by atoms with Gasteiger partial charge in [-0.15, -0.1) is 0 Å². The van der Waals surface area contributed by atoms with Crippen LogP contribution in [0.25, 0.3) is 0 Å². The lowest BCUT2D eigenvalue weighted by Crippen LogP contribution is -3.00. The molecule has 0 N–H and O–H groups in total. The number of ether oxygens (including phenoxy) is 1. The second-order valence-electron chi connectivity index (χ2n) is 17.0. The van der Waals surface area contributed by atoms with Crippen LogP contribution in [0, 0.1) is 0 Å². The van der Waals surface area contributed by atoms with Crippen molar-refractivity contribution >= 4 is 0 Å². The summed E-state index contributed by atoms with van der Waals surface area (Å²) in [5.74, 6) is 1.15. The van der Waals surface area contributed by atoms with Crippen LogP contribution in [0.1, 0.15) is 218 Å². The maximum absolute atomic E-state index is 6.75. The molecule has 0 saturated heterocycles. The van der Waals surface area contributed by atoms with E-state index in [0.717, 1.165) is 38.4 Å². The molecular weight excluding hydrogens is 747 g/mol. The first-order valence-corrected chi connectivity index (χ1v) is 22.3. The minimum atomic E-state index is 0. The van der Waals surface area contributed by atoms with Gasteiger partial charge in [0.25, 0.3) is 0 Å². The molecule has 0 bridgehead atoms. The van der Waals surface area contributed by atoms with Crippen LogP contribution in [0.15, 0.2) is 42.7 Å². The summed E-state index contributed by atoms with van der Waals surface area (Å²) in [6, 6.07) is 11.4. The first-order chi connectivity index (χ1) is 24.8. The minimum absolute atomic E-state index is 0. The third-order valence-electron chi connectivity index (χ3n) is 10.8. The molecular formula is C48H85IN2O. The van der Waals surface area contributed by atoms with Gasteiger partial charge in [0, 0.05) is 30.3 Å². The molecule has 2 rings (SSSR count). The van der Waals surface area contributed by atoms with Crippen LogP contribution in [-0.4, -0.2) is 18.1 Å². The van der Waals surface area contributed by atoms with Crippen molar-refractivity contribution in [1.29, 1.82) is 0 Å². The van der Waals surface area contributed by atoms with E-state index in [-0.39, 0.29) is 29.4 Å². The van der Waals surface area contributed by atoms with Crippen LogP contribution in [-0.2, 0) is 25.6 Å². The smallest absolute Gasteiger partial charge is 0.173 e. The van der Waals surface area contributed by atoms with Crippen molar-refractivity contribution < 1.29 is 33.3 Å². The molecule has 0 radical (unpaired) electrons. The standard InChI is InChI=1S/C48H85N2O.HI/c1-7-9-11-13-15-17-19-21-22-23-25-27-29-31-39-50(42-44-35-34-38-49(6)41-44)43-45-36-33-37-46(48(3,4)5)47(45)51-40-32-30-28-26-24-20-18-16-14-12-10-8-2;/h33-38,41H,7-32,39-40,42-43H2,1-6H3;1H/q+1;/p-1. The number of halogens is 1. The van der Waals surface area contributed by atoms with Crippen molar-refractivity contribution in [3.05, 3.63) is 59.4 Å². The zero-order valence-electron chi connectivity index (χ0n) is 35.4. The molecule has 0 amide bonds. The Morgan fingerprint density at radius 2 is 1.02 bits per heavy atom. The lowest BCUT2D eigenvalue weighted by molar-refractivity contribution is -0.672. The van der Waals surface area contributed by atoms with E-state index in [1.807, 2.05) is 0 Å². The van der Waals surface area contributed by atoms with E-state index in [1.54, 1.807) is 0 Å². The summed E-state index contributed by atoms with van der Waals surface area (Å²) in [6.45, 7) is 15.5. The molecule has 0 atom stereocenters. The van der Waals surface area contributed by atoms with Gasteiger partial charge in [-0.25, -0.2) is 4.57 Å². The highest BCUT2D eigenvalue weighted by Gasteiger charge is 2.22. The van der Waals surface area contributed by atoms with Gasteiger partial charge < -0.3 is 28.7 Å². The second-order valence-corrected chi connectivity index (χ2v) is 17.0. The summed E-state index contributed by atoms with van der Waals surface area (Å²) in [6.07, 6.45) is 40.5. The Balaban J connectivity index is 0.0000135. The molecule has 1 heterocycles. The Morgan fingerprint density at radius 1 is 0.558 bits per heavy atom. The molecule has 4 heteroatoms. The Kier molecular flexibility index (Phi) is 30.2. The van der Waals surface area contributed by atoms with Crippen molar-refractivity contribution in [1.82, 2.24) is 4.90 Å². The summed E-state index contributed by atoms with van der Waals surface area (Å²) in [4.78, 5) is 2.67. The molecule has 0 spiro atoms. The molecule has 0 aliphatic carbocycles. The number of benzene rings is 1. The van der Waals surface area contributed by atoms with E-state index in [2.05, 4.69) is 93.9 Å². The molecule has 0 aliphatic heterocycles. The average molecular weight is 833 g/mol. The van der Waals surface area contributed by atoms with Gasteiger partial charge in [0.1, 0.15) is 12.8 Å². The maximum atomic E-state index is 6.75. The number of pyridine rings is 1. The third-order valence-corrected chi connectivity index (χ3v) is 10.8.